The molecule has 1 aromatic carbocycles. The second-order valence-corrected chi connectivity index (χ2v) is 5.22. The van der Waals surface area contributed by atoms with Gasteiger partial charge in [0, 0.05) is 13.1 Å². The lowest BCUT2D eigenvalue weighted by atomic mass is 10.1. The first-order chi connectivity index (χ1) is 8.61. The van der Waals surface area contributed by atoms with Gasteiger partial charge in [0.2, 0.25) is 0 Å². The highest BCUT2D eigenvalue weighted by Crippen LogP contribution is 2.31. The van der Waals surface area contributed by atoms with Gasteiger partial charge in [-0.15, -0.1) is 0 Å². The molecule has 1 fully saturated rings. The Morgan fingerprint density at radius 2 is 2.17 bits per heavy atom. The number of aromatic hydroxyl groups is 1. The van der Waals surface area contributed by atoms with E-state index in [-0.39, 0.29) is 11.7 Å². The van der Waals surface area contributed by atoms with Crippen LogP contribution in [0, 0.1) is 12.8 Å². The van der Waals surface area contributed by atoms with E-state index in [0.717, 1.165) is 25.1 Å². The van der Waals surface area contributed by atoms with Gasteiger partial charge in [-0.3, -0.25) is 4.79 Å². The minimum Gasteiger partial charge on any atom is -0.507 e. The maximum absolute atomic E-state index is 12.4. The van der Waals surface area contributed by atoms with Crippen LogP contribution in [-0.2, 0) is 0 Å². The van der Waals surface area contributed by atoms with Crippen LogP contribution in [0.15, 0.2) is 18.2 Å². The fraction of sp³-hybridized carbons (Fsp3) is 0.533. The number of nitrogens with zero attached hydrogens (tertiary/aromatic N) is 1. The average Bonchev–Trinajstić information content (AvgIpc) is 3.15. The molecule has 1 saturated carbocycles. The van der Waals surface area contributed by atoms with Gasteiger partial charge in [0.1, 0.15) is 5.75 Å². The molecule has 0 heterocycles. The molecule has 0 atom stereocenters. The van der Waals surface area contributed by atoms with E-state index >= 15 is 0 Å². The number of aryl methyl sites for hydroxylation is 1. The van der Waals surface area contributed by atoms with Gasteiger partial charge < -0.3 is 10.0 Å². The third-order valence-electron chi connectivity index (χ3n) is 3.34. The van der Waals surface area contributed by atoms with Gasteiger partial charge in [0.25, 0.3) is 5.91 Å². The second kappa shape index (κ2) is 5.42. The normalized spacial score (nSPS) is 14.6. The van der Waals surface area contributed by atoms with Crippen molar-refractivity contribution in [3.8, 4) is 5.75 Å². The van der Waals surface area contributed by atoms with Crippen LogP contribution in [0.3, 0.4) is 0 Å². The topological polar surface area (TPSA) is 40.5 Å². The number of carbonyl (C=O) groups excluding carboxylic acids is 1. The first kappa shape index (κ1) is 12.9. The molecule has 1 aromatic rings. The number of amides is 1. The van der Waals surface area contributed by atoms with Crippen molar-refractivity contribution in [1.29, 1.82) is 0 Å². The fourth-order valence-electron chi connectivity index (χ4n) is 2.15. The standard InChI is InChI=1S/C15H21NO2/c1-3-8-16(10-12-5-6-12)15(18)13-9-11(2)4-7-14(13)17/h4,7,9,12,17H,3,5-6,8,10H2,1-2H3. The van der Waals surface area contributed by atoms with Gasteiger partial charge in [-0.2, -0.15) is 0 Å². The first-order valence-electron chi connectivity index (χ1n) is 6.70. The lowest BCUT2D eigenvalue weighted by Gasteiger charge is -2.22. The zero-order valence-electron chi connectivity index (χ0n) is 11.1. The SMILES string of the molecule is CCCN(CC1CC1)C(=O)c1cc(C)ccc1O. The summed E-state index contributed by atoms with van der Waals surface area (Å²) in [5, 5.41) is 9.82. The van der Waals surface area contributed by atoms with Gasteiger partial charge in [-0.05, 0) is 44.2 Å². The van der Waals surface area contributed by atoms with Crippen molar-refractivity contribution in [2.24, 2.45) is 5.92 Å². The molecule has 0 radical (unpaired) electrons. The Kier molecular flexibility index (Phi) is 3.90. The molecule has 3 nitrogen and oxygen atoms in total. The van der Waals surface area contributed by atoms with Crippen molar-refractivity contribution in [1.82, 2.24) is 4.90 Å². The van der Waals surface area contributed by atoms with E-state index in [1.165, 1.54) is 12.8 Å². The quantitative estimate of drug-likeness (QED) is 0.869. The summed E-state index contributed by atoms with van der Waals surface area (Å²) in [5.74, 6) is 0.722. The van der Waals surface area contributed by atoms with E-state index in [2.05, 4.69) is 6.92 Å². The third-order valence-corrected chi connectivity index (χ3v) is 3.34. The van der Waals surface area contributed by atoms with Crippen molar-refractivity contribution in [2.75, 3.05) is 13.1 Å². The highest BCUT2D eigenvalue weighted by Gasteiger charge is 2.27. The Balaban J connectivity index is 2.17. The molecule has 2 rings (SSSR count). The molecule has 1 aliphatic carbocycles. The van der Waals surface area contributed by atoms with E-state index in [9.17, 15) is 9.90 Å². The number of phenols is 1. The number of hydrogen-bond donors (Lipinski definition) is 1. The monoisotopic (exact) mass is 247 g/mol. The highest BCUT2D eigenvalue weighted by molar-refractivity contribution is 5.97. The van der Waals surface area contributed by atoms with Crippen molar-refractivity contribution in [2.45, 2.75) is 33.1 Å². The molecule has 1 N–H and O–H groups in total. The Morgan fingerprint density at radius 3 is 2.78 bits per heavy atom. The minimum absolute atomic E-state index is 0.0371. The second-order valence-electron chi connectivity index (χ2n) is 5.22. The molecule has 18 heavy (non-hydrogen) atoms. The molecule has 98 valence electrons. The summed E-state index contributed by atoms with van der Waals surface area (Å²) in [6.07, 6.45) is 3.41. The fourth-order valence-corrected chi connectivity index (χ4v) is 2.15. The molecule has 0 aliphatic heterocycles. The predicted molar refractivity (Wildman–Crippen MR) is 71.8 cm³/mol. The molecule has 0 unspecified atom stereocenters. The summed E-state index contributed by atoms with van der Waals surface area (Å²) >= 11 is 0. The van der Waals surface area contributed by atoms with Crippen LogP contribution in [0.2, 0.25) is 0 Å². The molecule has 1 amide bonds. The Hall–Kier alpha value is -1.51. The minimum atomic E-state index is -0.0371. The zero-order valence-corrected chi connectivity index (χ0v) is 11.1. The average molecular weight is 247 g/mol. The lowest BCUT2D eigenvalue weighted by molar-refractivity contribution is 0.0744. The van der Waals surface area contributed by atoms with Crippen LogP contribution >= 0.6 is 0 Å². The van der Waals surface area contributed by atoms with Gasteiger partial charge >= 0.3 is 0 Å². The van der Waals surface area contributed by atoms with Crippen molar-refractivity contribution >= 4 is 5.91 Å². The number of phenolic OH excluding ortho intramolecular Hbond substituents is 1. The van der Waals surface area contributed by atoms with E-state index < -0.39 is 0 Å². The number of hydrogen-bond acceptors (Lipinski definition) is 2. The Morgan fingerprint density at radius 1 is 1.44 bits per heavy atom. The summed E-state index contributed by atoms with van der Waals surface area (Å²) in [5.41, 5.74) is 1.43. The number of carbonyl (C=O) groups is 1. The summed E-state index contributed by atoms with van der Waals surface area (Å²) in [6, 6.07) is 5.19. The summed E-state index contributed by atoms with van der Waals surface area (Å²) in [6.45, 7) is 5.60. The maximum Gasteiger partial charge on any atom is 0.257 e. The highest BCUT2D eigenvalue weighted by atomic mass is 16.3. The van der Waals surface area contributed by atoms with E-state index in [1.54, 1.807) is 12.1 Å². The van der Waals surface area contributed by atoms with Crippen LogP contribution in [-0.4, -0.2) is 29.0 Å². The molecule has 0 spiro atoms. The molecular weight excluding hydrogens is 226 g/mol. The number of rotatable bonds is 5. The van der Waals surface area contributed by atoms with Crippen LogP contribution in [0.1, 0.15) is 42.1 Å². The summed E-state index contributed by atoms with van der Waals surface area (Å²) in [7, 11) is 0. The summed E-state index contributed by atoms with van der Waals surface area (Å²) in [4.78, 5) is 14.3. The smallest absolute Gasteiger partial charge is 0.257 e. The largest absolute Gasteiger partial charge is 0.507 e. The van der Waals surface area contributed by atoms with Crippen LogP contribution in [0.5, 0.6) is 5.75 Å². The third kappa shape index (κ3) is 3.03. The van der Waals surface area contributed by atoms with E-state index in [0.29, 0.717) is 11.5 Å². The van der Waals surface area contributed by atoms with Crippen LogP contribution < -0.4 is 0 Å². The van der Waals surface area contributed by atoms with Crippen molar-refractivity contribution in [3.05, 3.63) is 29.3 Å². The first-order valence-corrected chi connectivity index (χ1v) is 6.70. The van der Waals surface area contributed by atoms with Gasteiger partial charge in [-0.1, -0.05) is 18.6 Å². The predicted octanol–water partition coefficient (Wildman–Crippen LogP) is 2.96. The molecular formula is C15H21NO2. The number of benzene rings is 1. The zero-order chi connectivity index (χ0) is 13.1. The van der Waals surface area contributed by atoms with Gasteiger partial charge in [0.15, 0.2) is 0 Å². The van der Waals surface area contributed by atoms with Gasteiger partial charge in [0.05, 0.1) is 5.56 Å². The molecule has 0 aromatic heterocycles. The Bertz CT molecular complexity index is 438. The molecule has 0 saturated heterocycles. The van der Waals surface area contributed by atoms with Gasteiger partial charge in [-0.25, -0.2) is 0 Å². The van der Waals surface area contributed by atoms with E-state index in [1.807, 2.05) is 17.9 Å². The lowest BCUT2D eigenvalue weighted by Crippen LogP contribution is -2.33. The Labute approximate surface area is 108 Å². The van der Waals surface area contributed by atoms with Crippen LogP contribution in [0.4, 0.5) is 0 Å². The van der Waals surface area contributed by atoms with Crippen molar-refractivity contribution < 1.29 is 9.90 Å². The van der Waals surface area contributed by atoms with Crippen LogP contribution in [0.25, 0.3) is 0 Å². The molecule has 0 bridgehead atoms. The summed E-state index contributed by atoms with van der Waals surface area (Å²) < 4.78 is 0. The van der Waals surface area contributed by atoms with E-state index in [4.69, 9.17) is 0 Å². The van der Waals surface area contributed by atoms with Crippen molar-refractivity contribution in [3.63, 3.8) is 0 Å². The maximum atomic E-state index is 12.4. The molecule has 3 heteroatoms. The molecule has 1 aliphatic rings.